The van der Waals surface area contributed by atoms with E-state index in [1.165, 1.54) is 19.3 Å². The Hall–Kier alpha value is -1.85. The third-order valence-electron chi connectivity index (χ3n) is 4.36. The Morgan fingerprint density at radius 1 is 1.04 bits per heavy atom. The van der Waals surface area contributed by atoms with E-state index in [4.69, 9.17) is 4.52 Å². The van der Waals surface area contributed by atoms with Gasteiger partial charge < -0.3 is 14.7 Å². The van der Waals surface area contributed by atoms with E-state index in [0.29, 0.717) is 24.5 Å². The van der Waals surface area contributed by atoms with E-state index < -0.39 is 0 Å². The zero-order valence-electron chi connectivity index (χ0n) is 16.7. The summed E-state index contributed by atoms with van der Waals surface area (Å²) in [6, 6.07) is 1.67. The number of rotatable bonds is 14. The van der Waals surface area contributed by atoms with Gasteiger partial charge in [-0.3, -0.25) is 9.59 Å². The molecule has 0 saturated carbocycles. The molecule has 1 heterocycles. The zero-order chi connectivity index (χ0) is 19.2. The smallest absolute Gasteiger partial charge is 0.245 e. The average molecular weight is 366 g/mol. The molecule has 0 saturated heterocycles. The van der Waals surface area contributed by atoms with Crippen LogP contribution >= 0.6 is 0 Å². The lowest BCUT2D eigenvalue weighted by Crippen LogP contribution is -2.38. The zero-order valence-corrected chi connectivity index (χ0v) is 16.7. The van der Waals surface area contributed by atoms with E-state index in [2.05, 4.69) is 24.3 Å². The van der Waals surface area contributed by atoms with Gasteiger partial charge in [-0.15, -0.1) is 0 Å². The number of carbonyl (C=O) groups excluding carboxylic acids is 2. The quantitative estimate of drug-likeness (QED) is 0.485. The van der Waals surface area contributed by atoms with Crippen molar-refractivity contribution >= 4 is 17.6 Å². The largest absolute Gasteiger partial charge is 0.360 e. The van der Waals surface area contributed by atoms with Crippen LogP contribution in [0.25, 0.3) is 0 Å². The van der Waals surface area contributed by atoms with Gasteiger partial charge in [0.2, 0.25) is 11.8 Å². The summed E-state index contributed by atoms with van der Waals surface area (Å²) in [6.45, 7) is 6.82. The maximum absolute atomic E-state index is 12.5. The van der Waals surface area contributed by atoms with Crippen molar-refractivity contribution in [3.05, 3.63) is 11.8 Å². The summed E-state index contributed by atoms with van der Waals surface area (Å²) in [7, 11) is 0. The van der Waals surface area contributed by atoms with E-state index in [-0.39, 0.29) is 18.4 Å². The molecule has 26 heavy (non-hydrogen) atoms. The highest BCUT2D eigenvalue weighted by molar-refractivity contribution is 5.93. The minimum absolute atomic E-state index is 0.0736. The van der Waals surface area contributed by atoms with Crippen LogP contribution in [0.2, 0.25) is 0 Å². The molecule has 0 fully saturated rings. The molecule has 0 aliphatic carbocycles. The van der Waals surface area contributed by atoms with Gasteiger partial charge in [0, 0.05) is 19.0 Å². The lowest BCUT2D eigenvalue weighted by Gasteiger charge is -2.22. The maximum atomic E-state index is 12.5. The van der Waals surface area contributed by atoms with Gasteiger partial charge in [0.05, 0.1) is 6.54 Å². The molecule has 0 bridgehead atoms. The summed E-state index contributed by atoms with van der Waals surface area (Å²) in [5.41, 5.74) is 0. The average Bonchev–Trinajstić information content (AvgIpc) is 3.01. The lowest BCUT2D eigenvalue weighted by atomic mass is 10.1. The molecule has 0 radical (unpaired) electrons. The van der Waals surface area contributed by atoms with Crippen LogP contribution in [0.4, 0.5) is 5.82 Å². The topological polar surface area (TPSA) is 75.4 Å². The predicted molar refractivity (Wildman–Crippen MR) is 104 cm³/mol. The first-order valence-electron chi connectivity index (χ1n) is 10.1. The van der Waals surface area contributed by atoms with Crippen LogP contribution in [-0.2, 0) is 9.59 Å². The first-order valence-corrected chi connectivity index (χ1v) is 10.1. The fraction of sp³-hybridized carbons (Fsp3) is 0.750. The van der Waals surface area contributed by atoms with E-state index in [1.54, 1.807) is 17.9 Å². The van der Waals surface area contributed by atoms with Crippen LogP contribution in [0, 0.1) is 6.92 Å². The minimum atomic E-state index is -0.229. The molecule has 1 N–H and O–H groups in total. The fourth-order valence-corrected chi connectivity index (χ4v) is 2.84. The van der Waals surface area contributed by atoms with Crippen molar-refractivity contribution in [1.29, 1.82) is 0 Å². The van der Waals surface area contributed by atoms with Crippen molar-refractivity contribution in [1.82, 2.24) is 10.1 Å². The highest BCUT2D eigenvalue weighted by Crippen LogP contribution is 2.10. The van der Waals surface area contributed by atoms with Gasteiger partial charge in [-0.25, -0.2) is 0 Å². The van der Waals surface area contributed by atoms with E-state index in [0.717, 1.165) is 38.5 Å². The van der Waals surface area contributed by atoms with Crippen molar-refractivity contribution in [3.8, 4) is 0 Å². The number of nitrogens with one attached hydrogen (secondary N) is 1. The Morgan fingerprint density at radius 2 is 1.69 bits per heavy atom. The van der Waals surface area contributed by atoms with Crippen LogP contribution in [0.5, 0.6) is 0 Å². The second kappa shape index (κ2) is 13.4. The fourth-order valence-electron chi connectivity index (χ4n) is 2.84. The summed E-state index contributed by atoms with van der Waals surface area (Å²) >= 11 is 0. The van der Waals surface area contributed by atoms with Gasteiger partial charge >= 0.3 is 0 Å². The second-order valence-corrected chi connectivity index (χ2v) is 6.91. The number of anilines is 1. The van der Waals surface area contributed by atoms with Gasteiger partial charge in [0.15, 0.2) is 5.82 Å². The van der Waals surface area contributed by atoms with Crippen LogP contribution in [-0.4, -0.2) is 35.0 Å². The van der Waals surface area contributed by atoms with Crippen LogP contribution in [0.15, 0.2) is 10.6 Å². The summed E-state index contributed by atoms with van der Waals surface area (Å²) in [5, 5.41) is 6.46. The third-order valence-corrected chi connectivity index (χ3v) is 4.36. The molecule has 0 aliphatic rings. The summed E-state index contributed by atoms with van der Waals surface area (Å²) in [4.78, 5) is 26.5. The number of aryl methyl sites for hydroxylation is 1. The number of hydrogen-bond donors (Lipinski definition) is 1. The number of amides is 2. The standard InChI is InChI=1S/C20H35N3O3/c1-4-6-8-10-11-13-20(25)23(14-12-9-7-5-2)16-19(24)21-18-15-17(3)26-22-18/h15H,4-14,16H2,1-3H3,(H,21,22,24). The number of carbonyl (C=O) groups is 2. The molecule has 0 atom stereocenters. The van der Waals surface area contributed by atoms with Crippen molar-refractivity contribution in [3.63, 3.8) is 0 Å². The normalized spacial score (nSPS) is 10.7. The molecule has 0 spiro atoms. The summed E-state index contributed by atoms with van der Waals surface area (Å²) < 4.78 is 4.95. The molecule has 0 aliphatic heterocycles. The molecule has 1 aromatic heterocycles. The van der Waals surface area contributed by atoms with Crippen LogP contribution < -0.4 is 5.32 Å². The van der Waals surface area contributed by atoms with Gasteiger partial charge in [0.25, 0.3) is 0 Å². The molecule has 0 unspecified atom stereocenters. The van der Waals surface area contributed by atoms with Crippen molar-refractivity contribution in [2.24, 2.45) is 0 Å². The van der Waals surface area contributed by atoms with Crippen LogP contribution in [0.3, 0.4) is 0 Å². The van der Waals surface area contributed by atoms with Gasteiger partial charge in [-0.2, -0.15) is 0 Å². The Morgan fingerprint density at radius 3 is 2.31 bits per heavy atom. The highest BCUT2D eigenvalue weighted by atomic mass is 16.5. The molecular formula is C20H35N3O3. The molecule has 1 rings (SSSR count). The van der Waals surface area contributed by atoms with Crippen molar-refractivity contribution < 1.29 is 14.1 Å². The summed E-state index contributed by atoms with van der Waals surface area (Å²) in [5.74, 6) is 0.878. The van der Waals surface area contributed by atoms with Crippen molar-refractivity contribution in [2.45, 2.75) is 85.0 Å². The maximum Gasteiger partial charge on any atom is 0.245 e. The molecular weight excluding hydrogens is 330 g/mol. The van der Waals surface area contributed by atoms with Gasteiger partial charge in [0.1, 0.15) is 5.76 Å². The number of aromatic nitrogens is 1. The molecule has 1 aromatic rings. The molecule has 6 heteroatoms. The lowest BCUT2D eigenvalue weighted by molar-refractivity contribution is -0.134. The monoisotopic (exact) mass is 365 g/mol. The number of unbranched alkanes of at least 4 members (excludes halogenated alkanes) is 7. The minimum Gasteiger partial charge on any atom is -0.360 e. The Kier molecular flexibility index (Phi) is 11.4. The Labute approximate surface area is 157 Å². The third kappa shape index (κ3) is 9.59. The van der Waals surface area contributed by atoms with E-state index in [9.17, 15) is 9.59 Å². The molecule has 148 valence electrons. The Bertz CT molecular complexity index is 528. The number of hydrogen-bond acceptors (Lipinski definition) is 4. The molecule has 0 aromatic carbocycles. The first-order chi connectivity index (χ1) is 12.6. The number of nitrogens with zero attached hydrogens (tertiary/aromatic N) is 2. The summed E-state index contributed by atoms with van der Waals surface area (Å²) in [6.07, 6.45) is 10.4. The van der Waals surface area contributed by atoms with Crippen LogP contribution in [0.1, 0.15) is 83.8 Å². The predicted octanol–water partition coefficient (Wildman–Crippen LogP) is 4.69. The molecule has 6 nitrogen and oxygen atoms in total. The molecule has 2 amide bonds. The van der Waals surface area contributed by atoms with Crippen molar-refractivity contribution in [2.75, 3.05) is 18.4 Å². The SMILES string of the molecule is CCCCCCCC(=O)N(CCCCCC)CC(=O)Nc1cc(C)on1. The van der Waals surface area contributed by atoms with E-state index >= 15 is 0 Å². The Balaban J connectivity index is 2.47. The van der Waals surface area contributed by atoms with Gasteiger partial charge in [-0.05, 0) is 19.8 Å². The first kappa shape index (κ1) is 22.2. The van der Waals surface area contributed by atoms with E-state index in [1.807, 2.05) is 0 Å². The second-order valence-electron chi connectivity index (χ2n) is 6.91. The highest BCUT2D eigenvalue weighted by Gasteiger charge is 2.17. The van der Waals surface area contributed by atoms with Gasteiger partial charge in [-0.1, -0.05) is 63.9 Å².